The van der Waals surface area contributed by atoms with Crippen molar-refractivity contribution in [3.63, 3.8) is 0 Å². The van der Waals surface area contributed by atoms with E-state index in [0.717, 1.165) is 24.0 Å². The van der Waals surface area contributed by atoms with Gasteiger partial charge < -0.3 is 5.11 Å². The molecule has 0 heterocycles. The Morgan fingerprint density at radius 1 is 1.27 bits per heavy atom. The van der Waals surface area contributed by atoms with Gasteiger partial charge in [0.25, 0.3) is 0 Å². The lowest BCUT2D eigenvalue weighted by atomic mass is 9.93. The van der Waals surface area contributed by atoms with E-state index in [0.29, 0.717) is 11.7 Å². The molecular formula is C14H22O. The molecule has 1 nitrogen and oxygen atoms in total. The number of aryl methyl sites for hydroxylation is 1. The maximum atomic E-state index is 10.2. The molecule has 0 saturated carbocycles. The van der Waals surface area contributed by atoms with Crippen molar-refractivity contribution in [2.45, 2.75) is 52.9 Å². The number of phenols is 1. The third kappa shape index (κ3) is 2.74. The van der Waals surface area contributed by atoms with Crippen molar-refractivity contribution in [1.82, 2.24) is 0 Å². The Morgan fingerprint density at radius 2 is 1.93 bits per heavy atom. The number of phenolic OH excluding ortho intramolecular Hbond substituents is 1. The summed E-state index contributed by atoms with van der Waals surface area (Å²) in [5, 5.41) is 10.2. The highest BCUT2D eigenvalue weighted by atomic mass is 16.3. The minimum Gasteiger partial charge on any atom is -0.507 e. The van der Waals surface area contributed by atoms with Gasteiger partial charge in [-0.25, -0.2) is 0 Å². The molecule has 0 fully saturated rings. The van der Waals surface area contributed by atoms with Crippen LogP contribution in [0.1, 0.15) is 56.2 Å². The summed E-state index contributed by atoms with van der Waals surface area (Å²) in [6.45, 7) is 8.50. The van der Waals surface area contributed by atoms with Crippen molar-refractivity contribution in [3.05, 3.63) is 28.8 Å². The highest BCUT2D eigenvalue weighted by Gasteiger charge is 2.11. The normalized spacial score (nSPS) is 11.0. The van der Waals surface area contributed by atoms with Crippen LogP contribution >= 0.6 is 0 Å². The minimum absolute atomic E-state index is 0.394. The Morgan fingerprint density at radius 3 is 2.47 bits per heavy atom. The zero-order chi connectivity index (χ0) is 11.4. The second-order valence-corrected chi connectivity index (χ2v) is 4.56. The molecule has 1 aromatic carbocycles. The van der Waals surface area contributed by atoms with Crippen LogP contribution in [-0.2, 0) is 6.42 Å². The fourth-order valence-electron chi connectivity index (χ4n) is 1.89. The lowest BCUT2D eigenvalue weighted by Crippen LogP contribution is -1.96. The van der Waals surface area contributed by atoms with E-state index < -0.39 is 0 Å². The highest BCUT2D eigenvalue weighted by molar-refractivity contribution is 5.46. The van der Waals surface area contributed by atoms with E-state index in [1.165, 1.54) is 12.0 Å². The molecule has 0 atom stereocenters. The van der Waals surface area contributed by atoms with Crippen molar-refractivity contribution in [2.75, 3.05) is 0 Å². The molecule has 1 N–H and O–H groups in total. The standard InChI is InChI=1S/C14H22O/c1-5-6-7-13-11(4)8-9-12(10(2)3)14(13)15/h8-10,15H,5-7H2,1-4H3. The summed E-state index contributed by atoms with van der Waals surface area (Å²) in [6.07, 6.45) is 3.31. The van der Waals surface area contributed by atoms with Gasteiger partial charge in [-0.15, -0.1) is 0 Å². The van der Waals surface area contributed by atoms with Gasteiger partial charge in [-0.3, -0.25) is 0 Å². The number of aromatic hydroxyl groups is 1. The average Bonchev–Trinajstić information content (AvgIpc) is 2.17. The van der Waals surface area contributed by atoms with Gasteiger partial charge in [0.1, 0.15) is 5.75 Å². The molecule has 0 unspecified atom stereocenters. The highest BCUT2D eigenvalue weighted by Crippen LogP contribution is 2.32. The summed E-state index contributed by atoms with van der Waals surface area (Å²) in [4.78, 5) is 0. The van der Waals surface area contributed by atoms with Gasteiger partial charge >= 0.3 is 0 Å². The molecule has 1 rings (SSSR count). The second-order valence-electron chi connectivity index (χ2n) is 4.56. The Kier molecular flexibility index (Phi) is 4.19. The van der Waals surface area contributed by atoms with Gasteiger partial charge in [0.15, 0.2) is 0 Å². The van der Waals surface area contributed by atoms with Crippen molar-refractivity contribution in [2.24, 2.45) is 0 Å². The smallest absolute Gasteiger partial charge is 0.122 e. The molecule has 0 aliphatic heterocycles. The van der Waals surface area contributed by atoms with Crippen molar-refractivity contribution >= 4 is 0 Å². The van der Waals surface area contributed by atoms with E-state index in [1.54, 1.807) is 0 Å². The third-order valence-electron chi connectivity index (χ3n) is 2.95. The Bertz CT molecular complexity index is 326. The molecule has 15 heavy (non-hydrogen) atoms. The van der Waals surface area contributed by atoms with Crippen LogP contribution in [0.15, 0.2) is 12.1 Å². The number of hydrogen-bond donors (Lipinski definition) is 1. The molecule has 0 radical (unpaired) electrons. The molecular weight excluding hydrogens is 184 g/mol. The zero-order valence-electron chi connectivity index (χ0n) is 10.3. The third-order valence-corrected chi connectivity index (χ3v) is 2.95. The van der Waals surface area contributed by atoms with E-state index >= 15 is 0 Å². The lowest BCUT2D eigenvalue weighted by molar-refractivity contribution is 0.456. The molecule has 0 spiro atoms. The summed E-state index contributed by atoms with van der Waals surface area (Å²) >= 11 is 0. The monoisotopic (exact) mass is 206 g/mol. The minimum atomic E-state index is 0.394. The second kappa shape index (κ2) is 5.20. The van der Waals surface area contributed by atoms with Crippen molar-refractivity contribution < 1.29 is 5.11 Å². The molecule has 1 aromatic rings. The van der Waals surface area contributed by atoms with Gasteiger partial charge in [0.2, 0.25) is 0 Å². The summed E-state index contributed by atoms with van der Waals surface area (Å²) in [7, 11) is 0. The first kappa shape index (κ1) is 12.1. The average molecular weight is 206 g/mol. The maximum absolute atomic E-state index is 10.2. The predicted molar refractivity (Wildman–Crippen MR) is 65.5 cm³/mol. The summed E-state index contributed by atoms with van der Waals surface area (Å²) < 4.78 is 0. The first-order valence-electron chi connectivity index (χ1n) is 5.89. The van der Waals surface area contributed by atoms with Gasteiger partial charge in [-0.05, 0) is 42.4 Å². The number of rotatable bonds is 4. The van der Waals surface area contributed by atoms with E-state index in [4.69, 9.17) is 0 Å². The molecule has 0 aliphatic rings. The van der Waals surface area contributed by atoms with Crippen LogP contribution in [0, 0.1) is 6.92 Å². The Hall–Kier alpha value is -0.980. The summed E-state index contributed by atoms with van der Waals surface area (Å²) in [6, 6.07) is 4.17. The maximum Gasteiger partial charge on any atom is 0.122 e. The molecule has 0 aliphatic carbocycles. The van der Waals surface area contributed by atoms with E-state index in [2.05, 4.69) is 33.8 Å². The van der Waals surface area contributed by atoms with Gasteiger partial charge in [-0.1, -0.05) is 39.3 Å². The zero-order valence-corrected chi connectivity index (χ0v) is 10.3. The predicted octanol–water partition coefficient (Wildman–Crippen LogP) is 4.17. The first-order valence-corrected chi connectivity index (χ1v) is 5.89. The number of benzene rings is 1. The van der Waals surface area contributed by atoms with E-state index in [9.17, 15) is 5.11 Å². The van der Waals surface area contributed by atoms with Crippen LogP contribution in [0.4, 0.5) is 0 Å². The SMILES string of the molecule is CCCCc1c(C)ccc(C(C)C)c1O. The van der Waals surface area contributed by atoms with Crippen LogP contribution in [0.25, 0.3) is 0 Å². The summed E-state index contributed by atoms with van der Waals surface area (Å²) in [5.74, 6) is 0.921. The largest absolute Gasteiger partial charge is 0.507 e. The lowest BCUT2D eigenvalue weighted by Gasteiger charge is -2.14. The molecule has 84 valence electrons. The van der Waals surface area contributed by atoms with Crippen LogP contribution in [-0.4, -0.2) is 5.11 Å². The van der Waals surface area contributed by atoms with Crippen molar-refractivity contribution in [3.8, 4) is 5.75 Å². The molecule has 0 aromatic heterocycles. The quantitative estimate of drug-likeness (QED) is 0.784. The number of hydrogen-bond acceptors (Lipinski definition) is 1. The van der Waals surface area contributed by atoms with Gasteiger partial charge in [0, 0.05) is 0 Å². The van der Waals surface area contributed by atoms with E-state index in [-0.39, 0.29) is 0 Å². The van der Waals surface area contributed by atoms with Crippen LogP contribution in [0.2, 0.25) is 0 Å². The van der Waals surface area contributed by atoms with Crippen molar-refractivity contribution in [1.29, 1.82) is 0 Å². The summed E-state index contributed by atoms with van der Waals surface area (Å²) in [5.41, 5.74) is 3.43. The van der Waals surface area contributed by atoms with Gasteiger partial charge in [0.05, 0.1) is 0 Å². The van der Waals surface area contributed by atoms with E-state index in [1.807, 2.05) is 6.07 Å². The fourth-order valence-corrected chi connectivity index (χ4v) is 1.89. The first-order chi connectivity index (χ1) is 7.07. The fraction of sp³-hybridized carbons (Fsp3) is 0.571. The van der Waals surface area contributed by atoms with Crippen LogP contribution < -0.4 is 0 Å². The van der Waals surface area contributed by atoms with Crippen LogP contribution in [0.3, 0.4) is 0 Å². The molecule has 0 saturated heterocycles. The molecule has 1 heteroatoms. The van der Waals surface area contributed by atoms with Crippen LogP contribution in [0.5, 0.6) is 5.75 Å². The Labute approximate surface area is 93.1 Å². The number of unbranched alkanes of at least 4 members (excludes halogenated alkanes) is 1. The van der Waals surface area contributed by atoms with Gasteiger partial charge in [-0.2, -0.15) is 0 Å². The molecule has 0 amide bonds. The molecule has 0 bridgehead atoms. The Balaban J connectivity index is 3.06. The topological polar surface area (TPSA) is 20.2 Å².